The Hall–Kier alpha value is -1.63. The van der Waals surface area contributed by atoms with Gasteiger partial charge in [0.05, 0.1) is 16.4 Å². The third-order valence-corrected chi connectivity index (χ3v) is 4.38. The molecular weight excluding hydrogens is 244 g/mol. The minimum Gasteiger partial charge on any atom is -0.369 e. The molecule has 7 heteroatoms. The van der Waals surface area contributed by atoms with Gasteiger partial charge in [-0.2, -0.15) is 0 Å². The highest BCUT2D eigenvalue weighted by Gasteiger charge is 2.21. The van der Waals surface area contributed by atoms with Crippen molar-refractivity contribution >= 4 is 21.2 Å². The summed E-state index contributed by atoms with van der Waals surface area (Å²) in [6, 6.07) is 6.16. The molecule has 0 spiro atoms. The summed E-state index contributed by atoms with van der Waals surface area (Å²) in [6.07, 6.45) is 0. The van der Waals surface area contributed by atoms with Crippen LogP contribution in [0.3, 0.4) is 0 Å². The molecule has 92 valence electrons. The second kappa shape index (κ2) is 4.33. The zero-order valence-electron chi connectivity index (χ0n) is 9.07. The molecule has 0 radical (unpaired) electrons. The van der Waals surface area contributed by atoms with Crippen molar-refractivity contribution < 1.29 is 13.3 Å². The third kappa shape index (κ3) is 2.73. The van der Waals surface area contributed by atoms with Crippen molar-refractivity contribution in [3.8, 4) is 0 Å². The SMILES string of the molecule is O=[N+]([O-])c1ccc(N2CCS(=O)(=O)CC2)cc1. The van der Waals surface area contributed by atoms with Crippen molar-refractivity contribution in [3.05, 3.63) is 34.4 Å². The van der Waals surface area contributed by atoms with E-state index in [1.54, 1.807) is 12.1 Å². The molecule has 1 aromatic rings. The van der Waals surface area contributed by atoms with Gasteiger partial charge in [0.2, 0.25) is 0 Å². The van der Waals surface area contributed by atoms with E-state index in [9.17, 15) is 18.5 Å². The molecule has 1 aliphatic heterocycles. The minimum absolute atomic E-state index is 0.0402. The van der Waals surface area contributed by atoms with Crippen molar-refractivity contribution in [2.24, 2.45) is 0 Å². The quantitative estimate of drug-likeness (QED) is 0.578. The van der Waals surface area contributed by atoms with Crippen LogP contribution >= 0.6 is 0 Å². The van der Waals surface area contributed by atoms with Crippen LogP contribution in [0.1, 0.15) is 0 Å². The van der Waals surface area contributed by atoms with Crippen LogP contribution in [0.15, 0.2) is 24.3 Å². The van der Waals surface area contributed by atoms with Gasteiger partial charge in [-0.15, -0.1) is 0 Å². The predicted octanol–water partition coefficient (Wildman–Crippen LogP) is 0.830. The smallest absolute Gasteiger partial charge is 0.269 e. The zero-order chi connectivity index (χ0) is 12.5. The number of nitrogens with zero attached hydrogens (tertiary/aromatic N) is 2. The molecule has 1 aliphatic rings. The van der Waals surface area contributed by atoms with Gasteiger partial charge in [0, 0.05) is 30.9 Å². The van der Waals surface area contributed by atoms with Crippen LogP contribution in [0.25, 0.3) is 0 Å². The van der Waals surface area contributed by atoms with E-state index >= 15 is 0 Å². The molecule has 0 amide bonds. The van der Waals surface area contributed by atoms with Gasteiger partial charge in [0.1, 0.15) is 0 Å². The molecule has 0 unspecified atom stereocenters. The lowest BCUT2D eigenvalue weighted by molar-refractivity contribution is -0.384. The van der Waals surface area contributed by atoms with Crippen molar-refractivity contribution in [2.45, 2.75) is 0 Å². The summed E-state index contributed by atoms with van der Waals surface area (Å²) in [4.78, 5) is 12.0. The predicted molar refractivity (Wildman–Crippen MR) is 64.0 cm³/mol. The van der Waals surface area contributed by atoms with E-state index in [1.165, 1.54) is 12.1 Å². The molecule has 0 N–H and O–H groups in total. The molecule has 1 saturated heterocycles. The molecule has 1 heterocycles. The third-order valence-electron chi connectivity index (χ3n) is 2.77. The fourth-order valence-corrected chi connectivity index (χ4v) is 2.96. The molecular formula is C10H12N2O4S. The van der Waals surface area contributed by atoms with Gasteiger partial charge in [-0.05, 0) is 12.1 Å². The Morgan fingerprint density at radius 1 is 1.12 bits per heavy atom. The largest absolute Gasteiger partial charge is 0.369 e. The van der Waals surface area contributed by atoms with Crippen LogP contribution in [0, 0.1) is 10.1 Å². The van der Waals surface area contributed by atoms with Gasteiger partial charge in [0.15, 0.2) is 9.84 Å². The number of non-ortho nitro benzene ring substituents is 1. The van der Waals surface area contributed by atoms with Crippen LogP contribution in [0.5, 0.6) is 0 Å². The van der Waals surface area contributed by atoms with Crippen LogP contribution in [0.2, 0.25) is 0 Å². The van der Waals surface area contributed by atoms with Crippen molar-refractivity contribution in [2.75, 3.05) is 29.5 Å². The van der Waals surface area contributed by atoms with E-state index < -0.39 is 14.8 Å². The number of nitro benzene ring substituents is 1. The van der Waals surface area contributed by atoms with Gasteiger partial charge in [-0.1, -0.05) is 0 Å². The summed E-state index contributed by atoms with van der Waals surface area (Å²) >= 11 is 0. The first-order chi connectivity index (χ1) is 7.98. The Morgan fingerprint density at radius 3 is 2.12 bits per heavy atom. The summed E-state index contributed by atoms with van der Waals surface area (Å²) < 4.78 is 22.5. The molecule has 0 saturated carbocycles. The summed E-state index contributed by atoms with van der Waals surface area (Å²) in [6.45, 7) is 0.889. The molecule has 2 rings (SSSR count). The standard InChI is InChI=1S/C10H12N2O4S/c13-12(14)10-3-1-9(2-4-10)11-5-7-17(15,16)8-6-11/h1-4H,5-8H2. The Kier molecular flexibility index (Phi) is 3.01. The van der Waals surface area contributed by atoms with Gasteiger partial charge in [-0.3, -0.25) is 10.1 Å². The van der Waals surface area contributed by atoms with Crippen molar-refractivity contribution in [1.29, 1.82) is 0 Å². The first-order valence-corrected chi connectivity index (χ1v) is 7.00. The van der Waals surface area contributed by atoms with Crippen LogP contribution in [-0.4, -0.2) is 37.9 Å². The Balaban J connectivity index is 2.11. The topological polar surface area (TPSA) is 80.5 Å². The van der Waals surface area contributed by atoms with Crippen molar-refractivity contribution in [3.63, 3.8) is 0 Å². The maximum Gasteiger partial charge on any atom is 0.269 e. The number of nitro groups is 1. The van der Waals surface area contributed by atoms with Crippen LogP contribution in [0.4, 0.5) is 11.4 Å². The van der Waals surface area contributed by atoms with Gasteiger partial charge < -0.3 is 4.90 Å². The van der Waals surface area contributed by atoms with Crippen LogP contribution in [-0.2, 0) is 9.84 Å². The van der Waals surface area contributed by atoms with Crippen LogP contribution < -0.4 is 4.90 Å². The fourth-order valence-electron chi connectivity index (χ4n) is 1.76. The summed E-state index contributed by atoms with van der Waals surface area (Å²) in [5, 5.41) is 10.5. The Bertz CT molecular complexity index is 510. The average molecular weight is 256 g/mol. The first-order valence-electron chi connectivity index (χ1n) is 5.18. The lowest BCUT2D eigenvalue weighted by Gasteiger charge is -2.28. The number of rotatable bonds is 2. The second-order valence-corrected chi connectivity index (χ2v) is 6.22. The molecule has 0 aromatic heterocycles. The molecule has 0 atom stereocenters. The van der Waals surface area contributed by atoms with E-state index in [2.05, 4.69) is 0 Å². The van der Waals surface area contributed by atoms with E-state index in [4.69, 9.17) is 0 Å². The Labute approximate surface area is 98.9 Å². The highest BCUT2D eigenvalue weighted by atomic mass is 32.2. The maximum absolute atomic E-state index is 11.3. The molecule has 1 fully saturated rings. The monoisotopic (exact) mass is 256 g/mol. The lowest BCUT2D eigenvalue weighted by atomic mass is 10.2. The lowest BCUT2D eigenvalue weighted by Crippen LogP contribution is -2.40. The number of benzene rings is 1. The average Bonchev–Trinajstić information content (AvgIpc) is 2.29. The normalized spacial score (nSPS) is 18.9. The molecule has 0 bridgehead atoms. The van der Waals surface area contributed by atoms with Crippen molar-refractivity contribution in [1.82, 2.24) is 0 Å². The Morgan fingerprint density at radius 2 is 1.65 bits per heavy atom. The number of hydrogen-bond acceptors (Lipinski definition) is 5. The number of sulfone groups is 1. The van der Waals surface area contributed by atoms with Gasteiger partial charge in [-0.25, -0.2) is 8.42 Å². The van der Waals surface area contributed by atoms with Gasteiger partial charge in [0.25, 0.3) is 5.69 Å². The number of anilines is 1. The highest BCUT2D eigenvalue weighted by molar-refractivity contribution is 7.91. The maximum atomic E-state index is 11.3. The first kappa shape index (κ1) is 11.8. The van der Waals surface area contributed by atoms with E-state index in [-0.39, 0.29) is 17.2 Å². The fraction of sp³-hybridized carbons (Fsp3) is 0.400. The minimum atomic E-state index is -2.90. The van der Waals surface area contributed by atoms with E-state index in [0.717, 1.165) is 5.69 Å². The summed E-state index contributed by atoms with van der Waals surface area (Å²) in [5.74, 6) is 0.286. The highest BCUT2D eigenvalue weighted by Crippen LogP contribution is 2.20. The van der Waals surface area contributed by atoms with Gasteiger partial charge >= 0.3 is 0 Å². The molecule has 17 heavy (non-hydrogen) atoms. The van der Waals surface area contributed by atoms with E-state index in [0.29, 0.717) is 13.1 Å². The van der Waals surface area contributed by atoms with E-state index in [1.807, 2.05) is 4.90 Å². The summed E-state index contributed by atoms with van der Waals surface area (Å²) in [7, 11) is -2.90. The second-order valence-electron chi connectivity index (χ2n) is 3.91. The zero-order valence-corrected chi connectivity index (χ0v) is 9.89. The molecule has 6 nitrogen and oxygen atoms in total. The number of hydrogen-bond donors (Lipinski definition) is 0. The molecule has 0 aliphatic carbocycles. The molecule has 1 aromatic carbocycles. The summed E-state index contributed by atoms with van der Waals surface area (Å²) in [5.41, 5.74) is 0.865.